The first-order valence-corrected chi connectivity index (χ1v) is 16.3. The van der Waals surface area contributed by atoms with Crippen molar-refractivity contribution in [1.82, 2.24) is 10.2 Å². The summed E-state index contributed by atoms with van der Waals surface area (Å²) in [4.78, 5) is 66.5. The fraction of sp³-hybridized carbons (Fsp3) is 0.176. The lowest BCUT2D eigenvalue weighted by atomic mass is 9.97. The van der Waals surface area contributed by atoms with Gasteiger partial charge < -0.3 is 19.7 Å². The van der Waals surface area contributed by atoms with Crippen molar-refractivity contribution in [3.63, 3.8) is 0 Å². The van der Waals surface area contributed by atoms with Crippen LogP contribution in [0.4, 0.5) is 5.69 Å². The number of non-ortho nitro benzene ring substituents is 1. The fourth-order valence-electron chi connectivity index (χ4n) is 5.30. The molecule has 0 bridgehead atoms. The van der Waals surface area contributed by atoms with Crippen LogP contribution in [0.15, 0.2) is 113 Å². The van der Waals surface area contributed by atoms with Crippen LogP contribution in [-0.2, 0) is 41.7 Å². The van der Waals surface area contributed by atoms with Crippen LogP contribution in [0, 0.1) is 10.1 Å². The maximum absolute atomic E-state index is 14.1. The molecule has 2 amide bonds. The van der Waals surface area contributed by atoms with E-state index in [1.165, 1.54) is 45.9 Å². The average molecular weight is 670 g/mol. The molecule has 0 aliphatic carbocycles. The van der Waals surface area contributed by atoms with Crippen molar-refractivity contribution >= 4 is 52.5 Å². The maximum atomic E-state index is 14.1. The molecule has 3 atom stereocenters. The van der Waals surface area contributed by atoms with Gasteiger partial charge in [0, 0.05) is 17.0 Å². The molecular formula is C34H27N3O8S2. The number of carbonyl (C=O) groups is 4. The number of nitro groups is 1. The number of hydrogen-bond acceptors (Lipinski definition) is 10. The summed E-state index contributed by atoms with van der Waals surface area (Å²) in [7, 11) is 0. The van der Waals surface area contributed by atoms with Crippen LogP contribution in [0.5, 0.6) is 0 Å². The molecule has 2 aliphatic rings. The molecule has 4 aromatic rings. The van der Waals surface area contributed by atoms with Gasteiger partial charge in [-0.05, 0) is 45.7 Å². The second kappa shape index (κ2) is 14.0. The second-order valence-corrected chi connectivity index (χ2v) is 12.7. The van der Waals surface area contributed by atoms with Gasteiger partial charge in [0.1, 0.15) is 18.0 Å². The molecule has 1 N–H and O–H groups in total. The SMILES string of the molecule is O=C(Cc1cccs1)NC1C(=O)N2C(C(=O)OC(c3ccccc3)c3ccccc3)C(C(=O)OCc3ccc([N+](=O)[O-])cc3)=CS[C@@H]12. The van der Waals surface area contributed by atoms with Crippen LogP contribution in [0.2, 0.25) is 0 Å². The van der Waals surface area contributed by atoms with Crippen LogP contribution < -0.4 is 5.32 Å². The Hall–Kier alpha value is -5.27. The summed E-state index contributed by atoms with van der Waals surface area (Å²) in [5.41, 5.74) is 1.66. The van der Waals surface area contributed by atoms with Gasteiger partial charge >= 0.3 is 11.9 Å². The summed E-state index contributed by atoms with van der Waals surface area (Å²) in [6.07, 6.45) is -0.732. The van der Waals surface area contributed by atoms with E-state index in [0.717, 1.165) is 16.6 Å². The van der Waals surface area contributed by atoms with Crippen LogP contribution in [0.25, 0.3) is 0 Å². The predicted octanol–water partition coefficient (Wildman–Crippen LogP) is 4.93. The van der Waals surface area contributed by atoms with Crippen molar-refractivity contribution in [3.05, 3.63) is 145 Å². The summed E-state index contributed by atoms with van der Waals surface area (Å²) < 4.78 is 11.6. The monoisotopic (exact) mass is 669 g/mol. The molecule has 1 fully saturated rings. The molecule has 3 aromatic carbocycles. The van der Waals surface area contributed by atoms with E-state index in [2.05, 4.69) is 5.32 Å². The lowest BCUT2D eigenvalue weighted by Gasteiger charge is -2.51. The van der Waals surface area contributed by atoms with Gasteiger partial charge in [-0.3, -0.25) is 19.7 Å². The number of esters is 2. The number of benzene rings is 3. The number of rotatable bonds is 11. The zero-order chi connectivity index (χ0) is 32.9. The topological polar surface area (TPSA) is 145 Å². The van der Waals surface area contributed by atoms with Crippen LogP contribution in [0.3, 0.4) is 0 Å². The molecule has 3 heterocycles. The summed E-state index contributed by atoms with van der Waals surface area (Å²) in [6, 6.07) is 25.0. The Balaban J connectivity index is 1.25. The average Bonchev–Trinajstić information content (AvgIpc) is 3.61. The molecule has 0 saturated carbocycles. The number of carbonyl (C=O) groups excluding carboxylic acids is 4. The van der Waals surface area contributed by atoms with Crippen molar-refractivity contribution in [2.24, 2.45) is 0 Å². The minimum Gasteiger partial charge on any atom is -0.457 e. The van der Waals surface area contributed by atoms with Crippen LogP contribution >= 0.6 is 23.1 Å². The second-order valence-electron chi connectivity index (χ2n) is 10.7. The first kappa shape index (κ1) is 31.7. The summed E-state index contributed by atoms with van der Waals surface area (Å²) >= 11 is 2.55. The number of thioether (sulfide) groups is 1. The molecule has 0 radical (unpaired) electrons. The smallest absolute Gasteiger partial charge is 0.337 e. The maximum Gasteiger partial charge on any atom is 0.337 e. The Morgan fingerprint density at radius 3 is 2.17 bits per heavy atom. The zero-order valence-electron chi connectivity index (χ0n) is 24.6. The van der Waals surface area contributed by atoms with E-state index in [1.54, 1.807) is 0 Å². The molecule has 2 aliphatic heterocycles. The van der Waals surface area contributed by atoms with E-state index in [-0.39, 0.29) is 30.2 Å². The van der Waals surface area contributed by atoms with Crippen molar-refractivity contribution in [2.45, 2.75) is 36.6 Å². The molecule has 13 heteroatoms. The third kappa shape index (κ3) is 6.95. The van der Waals surface area contributed by atoms with Gasteiger partial charge in [-0.25, -0.2) is 9.59 Å². The van der Waals surface area contributed by atoms with Crippen LogP contribution in [-0.4, -0.2) is 51.0 Å². The lowest BCUT2D eigenvalue weighted by molar-refractivity contribution is -0.384. The van der Waals surface area contributed by atoms with Gasteiger partial charge in [0.05, 0.1) is 16.9 Å². The standard InChI is InChI=1S/C34H27N3O8S2/c38-27(18-25-12-7-17-46-25)35-28-31(39)36-29(34(41)45-30(22-8-3-1-4-9-22)23-10-5-2-6-11-23)26(20-47-32(28)36)33(40)44-19-21-13-15-24(16-14-21)37(42)43/h1-17,20,28-30,32H,18-19H2,(H,35,38)/t28?,29?,32-/m0/s1. The van der Waals surface area contributed by atoms with E-state index in [9.17, 15) is 29.3 Å². The highest BCUT2D eigenvalue weighted by Gasteiger charge is 2.57. The van der Waals surface area contributed by atoms with Crippen LogP contribution in [0.1, 0.15) is 27.7 Å². The predicted molar refractivity (Wildman–Crippen MR) is 174 cm³/mol. The Morgan fingerprint density at radius 1 is 0.915 bits per heavy atom. The fourth-order valence-corrected chi connectivity index (χ4v) is 7.22. The molecule has 6 rings (SSSR count). The number of β-lactam (4-membered cyclic amide) rings is 1. The van der Waals surface area contributed by atoms with Crippen molar-refractivity contribution < 1.29 is 33.6 Å². The minimum atomic E-state index is -1.45. The molecule has 0 spiro atoms. The largest absolute Gasteiger partial charge is 0.457 e. The first-order valence-electron chi connectivity index (χ1n) is 14.5. The summed E-state index contributed by atoms with van der Waals surface area (Å²) in [6.45, 7) is -0.226. The van der Waals surface area contributed by atoms with Gasteiger partial charge in [0.2, 0.25) is 11.8 Å². The number of thiophene rings is 1. The van der Waals surface area contributed by atoms with Gasteiger partial charge in [0.25, 0.3) is 5.69 Å². The number of ether oxygens (including phenoxy) is 2. The van der Waals surface area contributed by atoms with Gasteiger partial charge in [0.15, 0.2) is 12.1 Å². The van der Waals surface area contributed by atoms with E-state index in [0.29, 0.717) is 16.7 Å². The van der Waals surface area contributed by atoms with E-state index in [4.69, 9.17) is 9.47 Å². The van der Waals surface area contributed by atoms with Crippen molar-refractivity contribution in [3.8, 4) is 0 Å². The highest BCUT2D eigenvalue weighted by molar-refractivity contribution is 8.03. The van der Waals surface area contributed by atoms with E-state index >= 15 is 0 Å². The van der Waals surface area contributed by atoms with Gasteiger partial charge in [-0.15, -0.1) is 23.1 Å². The number of fused-ring (bicyclic) bond motifs is 1. The number of nitrogens with one attached hydrogen (secondary N) is 1. The van der Waals surface area contributed by atoms with Crippen molar-refractivity contribution in [2.75, 3.05) is 0 Å². The number of nitrogens with zero attached hydrogens (tertiary/aromatic N) is 2. The third-order valence-electron chi connectivity index (χ3n) is 7.63. The molecule has 1 aromatic heterocycles. The Labute approximate surface area is 277 Å². The molecule has 47 heavy (non-hydrogen) atoms. The number of nitro benzene ring substituents is 1. The van der Waals surface area contributed by atoms with E-state index in [1.807, 2.05) is 78.2 Å². The van der Waals surface area contributed by atoms with Gasteiger partial charge in [-0.2, -0.15) is 0 Å². The molecule has 1 saturated heterocycles. The summed E-state index contributed by atoms with van der Waals surface area (Å²) in [5, 5.41) is 16.4. The molecule has 238 valence electrons. The number of amides is 2. The Kier molecular flexibility index (Phi) is 9.45. The molecular weight excluding hydrogens is 643 g/mol. The first-order chi connectivity index (χ1) is 22.8. The highest BCUT2D eigenvalue weighted by Crippen LogP contribution is 2.41. The number of hydrogen-bond donors (Lipinski definition) is 1. The molecule has 2 unspecified atom stereocenters. The normalized spacial score (nSPS) is 18.4. The Bertz CT molecular complexity index is 1780. The minimum absolute atomic E-state index is 0.102. The van der Waals surface area contributed by atoms with E-state index < -0.39 is 46.3 Å². The quantitative estimate of drug-likeness (QED) is 0.102. The third-order valence-corrected chi connectivity index (χ3v) is 9.68. The highest BCUT2D eigenvalue weighted by atomic mass is 32.2. The lowest BCUT2D eigenvalue weighted by Crippen LogP contribution is -2.74. The summed E-state index contributed by atoms with van der Waals surface area (Å²) in [5.74, 6) is -2.57. The van der Waals surface area contributed by atoms with Crippen molar-refractivity contribution in [1.29, 1.82) is 0 Å². The van der Waals surface area contributed by atoms with Gasteiger partial charge in [-0.1, -0.05) is 66.7 Å². The zero-order valence-corrected chi connectivity index (χ0v) is 26.2. The molecule has 11 nitrogen and oxygen atoms in total. The Morgan fingerprint density at radius 2 is 1.57 bits per heavy atom.